The van der Waals surface area contributed by atoms with Crippen LogP contribution in [0.5, 0.6) is 0 Å². The number of nitrogens with zero attached hydrogens (tertiary/aromatic N) is 3. The molecule has 4 heteroatoms. The summed E-state index contributed by atoms with van der Waals surface area (Å²) in [5, 5.41) is 6.06. The zero-order chi connectivity index (χ0) is 37.1. The highest BCUT2D eigenvalue weighted by Crippen LogP contribution is 2.52. The van der Waals surface area contributed by atoms with Gasteiger partial charge in [0.2, 0.25) is 0 Å². The maximum Gasteiger partial charge on any atom is 0.124 e. The topological polar surface area (TPSA) is 20.5 Å². The van der Waals surface area contributed by atoms with E-state index in [4.69, 9.17) is 4.98 Å². The number of hydrogen-bond donors (Lipinski definition) is 0. The molecule has 0 amide bonds. The minimum Gasteiger partial charge on any atom is -0.310 e. The number of para-hydroxylation sites is 2. The van der Waals surface area contributed by atoms with Crippen molar-refractivity contribution in [3.05, 3.63) is 187 Å². The summed E-state index contributed by atoms with van der Waals surface area (Å²) < 4.78 is 3.73. The van der Waals surface area contributed by atoms with Crippen LogP contribution < -0.4 is 4.90 Å². The van der Waals surface area contributed by atoms with Crippen LogP contribution in [0.15, 0.2) is 176 Å². The predicted octanol–water partition coefficient (Wildman–Crippen LogP) is 14.6. The Balaban J connectivity index is 1.14. The Kier molecular flexibility index (Phi) is 6.56. The van der Waals surface area contributed by atoms with Crippen molar-refractivity contribution in [1.29, 1.82) is 0 Å². The molecule has 3 heterocycles. The third-order valence-corrected chi connectivity index (χ3v) is 13.3. The van der Waals surface area contributed by atoms with Gasteiger partial charge in [0, 0.05) is 49.5 Å². The summed E-state index contributed by atoms with van der Waals surface area (Å²) in [5.74, 6) is 0. The molecule has 0 radical (unpaired) electrons. The molecule has 0 spiro atoms. The van der Waals surface area contributed by atoms with Crippen molar-refractivity contribution in [1.82, 2.24) is 9.38 Å². The molecule has 11 aromatic rings. The van der Waals surface area contributed by atoms with Crippen molar-refractivity contribution in [3.63, 3.8) is 0 Å². The first-order chi connectivity index (χ1) is 27.5. The van der Waals surface area contributed by atoms with Crippen LogP contribution in [-0.4, -0.2) is 9.38 Å². The van der Waals surface area contributed by atoms with Crippen LogP contribution in [0.2, 0.25) is 0 Å². The smallest absolute Gasteiger partial charge is 0.124 e. The molecule has 0 unspecified atom stereocenters. The molecule has 264 valence electrons. The van der Waals surface area contributed by atoms with E-state index in [1.807, 2.05) is 0 Å². The Morgan fingerprint density at radius 3 is 2.00 bits per heavy atom. The highest BCUT2D eigenvalue weighted by molar-refractivity contribution is 7.22. The molecule has 12 rings (SSSR count). The van der Waals surface area contributed by atoms with Crippen molar-refractivity contribution in [2.75, 3.05) is 4.90 Å². The Morgan fingerprint density at radius 2 is 1.16 bits per heavy atom. The second-order valence-electron chi connectivity index (χ2n) is 15.6. The van der Waals surface area contributed by atoms with Crippen LogP contribution >= 0.6 is 11.3 Å². The molecule has 1 aliphatic carbocycles. The van der Waals surface area contributed by atoms with Crippen molar-refractivity contribution in [2.24, 2.45) is 0 Å². The second kappa shape index (κ2) is 11.6. The van der Waals surface area contributed by atoms with Gasteiger partial charge in [0.05, 0.1) is 32.5 Å². The third kappa shape index (κ3) is 4.36. The van der Waals surface area contributed by atoms with Gasteiger partial charge in [0.15, 0.2) is 0 Å². The van der Waals surface area contributed by atoms with Crippen LogP contribution in [0.3, 0.4) is 0 Å². The van der Waals surface area contributed by atoms with E-state index >= 15 is 0 Å². The highest BCUT2D eigenvalue weighted by atomic mass is 32.1. The standard InChI is InChI=1S/C52H35N3S/c1-52(2)42-22-12-9-20-37(42)38-27-25-35(30-43(38)52)54(45-23-13-10-19-36(45)32-15-5-3-6-16-32)34-26-28-47-40(29-34)41-31-44-50(56-51(53-44)33-17-7-4-8-18-33)48-39-21-11-14-24-46(39)55(47)49(41)48/h3-31H,1-2H3. The molecule has 0 N–H and O–H groups in total. The quantitative estimate of drug-likeness (QED) is 0.176. The van der Waals surface area contributed by atoms with Crippen LogP contribution in [0.4, 0.5) is 17.1 Å². The number of anilines is 3. The number of thiazole rings is 1. The summed E-state index contributed by atoms with van der Waals surface area (Å²) in [6.45, 7) is 4.72. The Morgan fingerprint density at radius 1 is 0.518 bits per heavy atom. The van der Waals surface area contributed by atoms with Gasteiger partial charge in [-0.25, -0.2) is 4.98 Å². The highest BCUT2D eigenvalue weighted by Gasteiger charge is 2.36. The maximum atomic E-state index is 5.28. The third-order valence-electron chi connectivity index (χ3n) is 12.1. The second-order valence-corrected chi connectivity index (χ2v) is 16.6. The van der Waals surface area contributed by atoms with E-state index in [1.165, 1.54) is 76.2 Å². The van der Waals surface area contributed by atoms with Crippen molar-refractivity contribution < 1.29 is 0 Å². The summed E-state index contributed by atoms with van der Waals surface area (Å²) in [4.78, 5) is 7.76. The van der Waals surface area contributed by atoms with Crippen molar-refractivity contribution >= 4 is 76.7 Å². The van der Waals surface area contributed by atoms with Gasteiger partial charge in [0.25, 0.3) is 0 Å². The first-order valence-electron chi connectivity index (χ1n) is 19.3. The minimum absolute atomic E-state index is 0.123. The summed E-state index contributed by atoms with van der Waals surface area (Å²) in [6.07, 6.45) is 0. The molecular formula is C52H35N3S. The van der Waals surface area contributed by atoms with E-state index in [1.54, 1.807) is 11.3 Å². The summed E-state index contributed by atoms with van der Waals surface area (Å²) in [5.41, 5.74) is 16.9. The lowest BCUT2D eigenvalue weighted by Gasteiger charge is -2.30. The summed E-state index contributed by atoms with van der Waals surface area (Å²) in [7, 11) is 0. The van der Waals surface area contributed by atoms with Crippen LogP contribution in [-0.2, 0) is 5.41 Å². The molecule has 56 heavy (non-hydrogen) atoms. The zero-order valence-electron chi connectivity index (χ0n) is 31.0. The minimum atomic E-state index is -0.123. The molecule has 3 nitrogen and oxygen atoms in total. The molecular weight excluding hydrogens is 699 g/mol. The monoisotopic (exact) mass is 733 g/mol. The Hall–Kier alpha value is -6.75. The first-order valence-corrected chi connectivity index (χ1v) is 20.1. The molecule has 0 saturated carbocycles. The van der Waals surface area contributed by atoms with Gasteiger partial charge < -0.3 is 9.30 Å². The van der Waals surface area contributed by atoms with E-state index in [2.05, 4.69) is 199 Å². The molecule has 3 aromatic heterocycles. The number of aromatic nitrogens is 2. The molecule has 1 aliphatic rings. The van der Waals surface area contributed by atoms with Crippen molar-refractivity contribution in [2.45, 2.75) is 19.3 Å². The number of rotatable bonds is 5. The maximum absolute atomic E-state index is 5.28. The average Bonchev–Trinajstić information content (AvgIpc) is 3.98. The molecule has 0 bridgehead atoms. The molecule has 8 aromatic carbocycles. The Labute approximate surface area is 328 Å². The van der Waals surface area contributed by atoms with Gasteiger partial charge in [-0.05, 0) is 76.3 Å². The van der Waals surface area contributed by atoms with E-state index in [9.17, 15) is 0 Å². The predicted molar refractivity (Wildman–Crippen MR) is 237 cm³/mol. The summed E-state index contributed by atoms with van der Waals surface area (Å²) >= 11 is 1.80. The van der Waals surface area contributed by atoms with Crippen LogP contribution in [0.25, 0.3) is 81.1 Å². The van der Waals surface area contributed by atoms with Gasteiger partial charge in [-0.2, -0.15) is 0 Å². The van der Waals surface area contributed by atoms with Crippen LogP contribution in [0.1, 0.15) is 25.0 Å². The molecule has 0 saturated heterocycles. The van der Waals surface area contributed by atoms with Crippen LogP contribution in [0, 0.1) is 0 Å². The van der Waals surface area contributed by atoms with E-state index in [0.717, 1.165) is 33.1 Å². The van der Waals surface area contributed by atoms with Gasteiger partial charge in [-0.3, -0.25) is 0 Å². The van der Waals surface area contributed by atoms with Gasteiger partial charge in [0.1, 0.15) is 5.01 Å². The lowest BCUT2D eigenvalue weighted by Crippen LogP contribution is -2.16. The van der Waals surface area contributed by atoms with E-state index in [0.29, 0.717) is 0 Å². The average molecular weight is 734 g/mol. The van der Waals surface area contributed by atoms with E-state index in [-0.39, 0.29) is 5.41 Å². The van der Waals surface area contributed by atoms with Gasteiger partial charge in [-0.15, -0.1) is 11.3 Å². The lowest BCUT2D eigenvalue weighted by molar-refractivity contribution is 0.660. The largest absolute Gasteiger partial charge is 0.310 e. The summed E-state index contributed by atoms with van der Waals surface area (Å²) in [6, 6.07) is 64.4. The van der Waals surface area contributed by atoms with Gasteiger partial charge >= 0.3 is 0 Å². The molecule has 0 fully saturated rings. The Bertz CT molecular complexity index is 3340. The van der Waals surface area contributed by atoms with Crippen molar-refractivity contribution in [3.8, 4) is 32.8 Å². The van der Waals surface area contributed by atoms with E-state index < -0.39 is 0 Å². The first kappa shape index (κ1) is 31.6. The normalized spacial score (nSPS) is 13.3. The fraction of sp³-hybridized carbons (Fsp3) is 0.0577. The van der Waals surface area contributed by atoms with Gasteiger partial charge in [-0.1, -0.05) is 141 Å². The molecule has 0 atom stereocenters. The SMILES string of the molecule is CC1(C)c2ccccc2-c2ccc(N(c3ccc4c(c3)c3cc5nc(-c6ccccc6)sc5c5c6ccccc6n4c35)c3ccccc3-c3ccccc3)cc21. The fourth-order valence-corrected chi connectivity index (χ4v) is 10.7. The fourth-order valence-electron chi connectivity index (χ4n) is 9.56. The number of benzene rings is 8. The molecule has 0 aliphatic heterocycles. The number of hydrogen-bond acceptors (Lipinski definition) is 3. The number of fused-ring (bicyclic) bond motifs is 11. The lowest BCUT2D eigenvalue weighted by atomic mass is 9.82. The zero-order valence-corrected chi connectivity index (χ0v) is 31.8.